The molecular weight excluding hydrogens is 320 g/mol. The molecule has 0 aromatic heterocycles. The highest BCUT2D eigenvalue weighted by Crippen LogP contribution is 2.23. The molecule has 4 heteroatoms. The Morgan fingerprint density at radius 1 is 1.17 bits per heavy atom. The predicted molar refractivity (Wildman–Crippen MR) is 99.0 cm³/mol. The van der Waals surface area contributed by atoms with E-state index in [4.69, 9.17) is 11.6 Å². The molecule has 0 bridgehead atoms. The lowest BCUT2D eigenvalue weighted by molar-refractivity contribution is 0.200. The molecule has 0 spiro atoms. The van der Waals surface area contributed by atoms with E-state index >= 15 is 0 Å². The van der Waals surface area contributed by atoms with E-state index in [2.05, 4.69) is 23.5 Å². The molecular formula is C20H21ClN2O. The number of benzene rings is 2. The van der Waals surface area contributed by atoms with Crippen molar-refractivity contribution in [3.8, 4) is 0 Å². The Hall–Kier alpha value is -2.26. The molecule has 2 aromatic carbocycles. The summed E-state index contributed by atoms with van der Waals surface area (Å²) in [5.74, 6) is 0. The van der Waals surface area contributed by atoms with E-state index in [0.717, 1.165) is 18.5 Å². The van der Waals surface area contributed by atoms with Crippen molar-refractivity contribution in [2.75, 3.05) is 13.1 Å². The summed E-state index contributed by atoms with van der Waals surface area (Å²) in [6.45, 7) is 3.34. The quantitative estimate of drug-likeness (QED) is 0.846. The lowest BCUT2D eigenvalue weighted by atomic mass is 10.00. The maximum absolute atomic E-state index is 12.5. The maximum Gasteiger partial charge on any atom is 0.318 e. The van der Waals surface area contributed by atoms with Gasteiger partial charge in [-0.05, 0) is 42.2 Å². The van der Waals surface area contributed by atoms with Gasteiger partial charge in [-0.3, -0.25) is 0 Å². The summed E-state index contributed by atoms with van der Waals surface area (Å²) >= 11 is 6.02. The summed E-state index contributed by atoms with van der Waals surface area (Å²) in [7, 11) is 0. The summed E-state index contributed by atoms with van der Waals surface area (Å²) < 4.78 is 0. The molecule has 1 atom stereocenters. The number of nitrogens with one attached hydrogen (secondary N) is 1. The number of carbonyl (C=O) groups is 1. The molecule has 1 aliphatic rings. The van der Waals surface area contributed by atoms with Gasteiger partial charge in [0.15, 0.2) is 0 Å². The van der Waals surface area contributed by atoms with E-state index in [1.54, 1.807) is 0 Å². The largest absolute Gasteiger partial charge is 0.331 e. The van der Waals surface area contributed by atoms with Crippen molar-refractivity contribution < 1.29 is 4.79 Å². The number of amides is 2. The standard InChI is InChI=1S/C20H21ClN2O/c1-15(18-8-5-9-19(21)14-18)22-20(24)23-12-10-17(11-13-23)16-6-3-2-4-7-16/h2-10,14-15H,11-13H2,1H3,(H,22,24). The molecule has 3 nitrogen and oxygen atoms in total. The van der Waals surface area contributed by atoms with Crippen molar-refractivity contribution in [1.29, 1.82) is 0 Å². The van der Waals surface area contributed by atoms with Crippen LogP contribution in [0.2, 0.25) is 5.02 Å². The van der Waals surface area contributed by atoms with E-state index in [1.165, 1.54) is 11.1 Å². The van der Waals surface area contributed by atoms with Crippen LogP contribution < -0.4 is 5.32 Å². The van der Waals surface area contributed by atoms with Crippen LogP contribution in [0.4, 0.5) is 4.79 Å². The smallest absolute Gasteiger partial charge is 0.318 e. The third-order valence-electron chi connectivity index (χ3n) is 4.33. The highest BCUT2D eigenvalue weighted by molar-refractivity contribution is 6.30. The number of rotatable bonds is 3. The van der Waals surface area contributed by atoms with Gasteiger partial charge in [0.25, 0.3) is 0 Å². The van der Waals surface area contributed by atoms with Crippen molar-refractivity contribution in [1.82, 2.24) is 10.2 Å². The molecule has 3 rings (SSSR count). The molecule has 1 aliphatic heterocycles. The number of hydrogen-bond donors (Lipinski definition) is 1. The van der Waals surface area contributed by atoms with E-state index in [1.807, 2.05) is 54.3 Å². The molecule has 1 N–H and O–H groups in total. The minimum atomic E-state index is -0.0734. The Morgan fingerprint density at radius 2 is 1.96 bits per heavy atom. The second-order valence-corrected chi connectivity index (χ2v) is 6.45. The monoisotopic (exact) mass is 340 g/mol. The fourth-order valence-corrected chi connectivity index (χ4v) is 3.10. The zero-order chi connectivity index (χ0) is 16.9. The molecule has 0 radical (unpaired) electrons. The first kappa shape index (κ1) is 16.6. The molecule has 0 saturated heterocycles. The van der Waals surface area contributed by atoms with Crippen molar-refractivity contribution >= 4 is 23.2 Å². The van der Waals surface area contributed by atoms with Gasteiger partial charge >= 0.3 is 6.03 Å². The molecule has 0 fully saturated rings. The minimum Gasteiger partial charge on any atom is -0.331 e. The van der Waals surface area contributed by atoms with E-state index in [9.17, 15) is 4.79 Å². The fraction of sp³-hybridized carbons (Fsp3) is 0.250. The van der Waals surface area contributed by atoms with Gasteiger partial charge in [0.1, 0.15) is 0 Å². The van der Waals surface area contributed by atoms with Gasteiger partial charge in [0, 0.05) is 18.1 Å². The average Bonchev–Trinajstić information content (AvgIpc) is 2.62. The van der Waals surface area contributed by atoms with Gasteiger partial charge in [0.05, 0.1) is 6.04 Å². The van der Waals surface area contributed by atoms with Crippen LogP contribution in [0.5, 0.6) is 0 Å². The highest BCUT2D eigenvalue weighted by Gasteiger charge is 2.19. The maximum atomic E-state index is 12.5. The van der Waals surface area contributed by atoms with Gasteiger partial charge < -0.3 is 10.2 Å². The van der Waals surface area contributed by atoms with E-state index < -0.39 is 0 Å². The summed E-state index contributed by atoms with van der Waals surface area (Å²) in [6.07, 6.45) is 3.02. The average molecular weight is 341 g/mol. The Labute approximate surface area is 147 Å². The summed E-state index contributed by atoms with van der Waals surface area (Å²) in [5, 5.41) is 3.73. The van der Waals surface area contributed by atoms with Crippen molar-refractivity contribution in [2.45, 2.75) is 19.4 Å². The Bertz CT molecular complexity index is 742. The van der Waals surface area contributed by atoms with Crippen LogP contribution in [-0.2, 0) is 0 Å². The zero-order valence-corrected chi connectivity index (χ0v) is 14.5. The van der Waals surface area contributed by atoms with Crippen LogP contribution in [0.3, 0.4) is 0 Å². The van der Waals surface area contributed by atoms with Gasteiger partial charge in [-0.1, -0.05) is 60.1 Å². The van der Waals surface area contributed by atoms with Gasteiger partial charge in [-0.25, -0.2) is 4.79 Å². The lowest BCUT2D eigenvalue weighted by Crippen LogP contribution is -2.43. The van der Waals surface area contributed by atoms with Crippen LogP contribution in [-0.4, -0.2) is 24.0 Å². The molecule has 0 saturated carbocycles. The van der Waals surface area contributed by atoms with Crippen LogP contribution >= 0.6 is 11.6 Å². The highest BCUT2D eigenvalue weighted by atomic mass is 35.5. The predicted octanol–water partition coefficient (Wildman–Crippen LogP) is 4.90. The first-order chi connectivity index (χ1) is 11.6. The number of hydrogen-bond acceptors (Lipinski definition) is 1. The number of urea groups is 1. The van der Waals surface area contributed by atoms with Crippen molar-refractivity contribution in [3.63, 3.8) is 0 Å². The van der Waals surface area contributed by atoms with Crippen LogP contribution in [0.25, 0.3) is 5.57 Å². The summed E-state index contributed by atoms with van der Waals surface area (Å²) in [6, 6.07) is 17.8. The second-order valence-electron chi connectivity index (χ2n) is 6.02. The van der Waals surface area contributed by atoms with Gasteiger partial charge in [-0.15, -0.1) is 0 Å². The normalized spacial score (nSPS) is 15.6. The Balaban J connectivity index is 1.60. The number of carbonyl (C=O) groups excluding carboxylic acids is 1. The van der Waals surface area contributed by atoms with Crippen LogP contribution in [0, 0.1) is 0 Å². The van der Waals surface area contributed by atoms with E-state index in [0.29, 0.717) is 11.6 Å². The number of nitrogens with zero attached hydrogens (tertiary/aromatic N) is 1. The zero-order valence-electron chi connectivity index (χ0n) is 13.7. The molecule has 2 amide bonds. The third-order valence-corrected chi connectivity index (χ3v) is 4.56. The lowest BCUT2D eigenvalue weighted by Gasteiger charge is -2.28. The number of halogens is 1. The minimum absolute atomic E-state index is 0.0363. The topological polar surface area (TPSA) is 32.3 Å². The molecule has 24 heavy (non-hydrogen) atoms. The van der Waals surface area contributed by atoms with Gasteiger partial charge in [0.2, 0.25) is 0 Å². The first-order valence-electron chi connectivity index (χ1n) is 8.19. The van der Waals surface area contributed by atoms with Crippen molar-refractivity contribution in [2.24, 2.45) is 0 Å². The molecule has 0 aliphatic carbocycles. The van der Waals surface area contributed by atoms with E-state index in [-0.39, 0.29) is 12.1 Å². The van der Waals surface area contributed by atoms with Crippen LogP contribution in [0.1, 0.15) is 30.5 Å². The second kappa shape index (κ2) is 7.54. The van der Waals surface area contributed by atoms with Gasteiger partial charge in [-0.2, -0.15) is 0 Å². The molecule has 2 aromatic rings. The fourth-order valence-electron chi connectivity index (χ4n) is 2.90. The first-order valence-corrected chi connectivity index (χ1v) is 8.56. The SMILES string of the molecule is CC(NC(=O)N1CC=C(c2ccccc2)CC1)c1cccc(Cl)c1. The Morgan fingerprint density at radius 3 is 2.62 bits per heavy atom. The summed E-state index contributed by atoms with van der Waals surface area (Å²) in [5.41, 5.74) is 3.56. The van der Waals surface area contributed by atoms with Crippen LogP contribution in [0.15, 0.2) is 60.7 Å². The third kappa shape index (κ3) is 3.98. The summed E-state index contributed by atoms with van der Waals surface area (Å²) in [4.78, 5) is 14.3. The Kier molecular flexibility index (Phi) is 5.21. The van der Waals surface area contributed by atoms with Crippen molar-refractivity contribution in [3.05, 3.63) is 76.8 Å². The molecule has 1 unspecified atom stereocenters. The molecule has 124 valence electrons. The molecule has 1 heterocycles.